The number of nitrogens with one attached hydrogen (secondary N) is 2. The molecule has 180 valence electrons. The zero-order valence-corrected chi connectivity index (χ0v) is 19.8. The van der Waals surface area contributed by atoms with Gasteiger partial charge in [-0.15, -0.1) is 0 Å². The molecule has 1 aliphatic carbocycles. The number of ether oxygens (including phenoxy) is 2. The van der Waals surface area contributed by atoms with Crippen molar-refractivity contribution in [3.8, 4) is 5.75 Å². The van der Waals surface area contributed by atoms with Crippen molar-refractivity contribution in [1.29, 1.82) is 0 Å². The fourth-order valence-corrected chi connectivity index (χ4v) is 4.75. The van der Waals surface area contributed by atoms with Crippen molar-refractivity contribution in [2.24, 2.45) is 0 Å². The Kier molecular flexibility index (Phi) is 7.73. The van der Waals surface area contributed by atoms with Crippen LogP contribution < -0.4 is 15.4 Å². The molecule has 2 aliphatic rings. The van der Waals surface area contributed by atoms with Gasteiger partial charge in [0.15, 0.2) is 0 Å². The molecule has 7 heteroatoms. The SMILES string of the molecule is c1ccc2c(NC3CCCCC3)nc(Nc3ccc(OCCCN4CCOCC4)cc3)nc2c1. The predicted molar refractivity (Wildman–Crippen MR) is 137 cm³/mol. The Morgan fingerprint density at radius 2 is 1.74 bits per heavy atom. The highest BCUT2D eigenvalue weighted by molar-refractivity contribution is 5.90. The minimum absolute atomic E-state index is 0.486. The van der Waals surface area contributed by atoms with Gasteiger partial charge < -0.3 is 20.1 Å². The predicted octanol–water partition coefficient (Wildman–Crippen LogP) is 5.22. The molecule has 1 saturated carbocycles. The van der Waals surface area contributed by atoms with E-state index in [1.54, 1.807) is 0 Å². The molecule has 2 fully saturated rings. The molecule has 0 amide bonds. The second-order valence-electron chi connectivity index (χ2n) is 9.20. The summed E-state index contributed by atoms with van der Waals surface area (Å²) in [5.41, 5.74) is 1.89. The Morgan fingerprint density at radius 1 is 0.941 bits per heavy atom. The minimum atomic E-state index is 0.486. The topological polar surface area (TPSA) is 71.5 Å². The molecule has 1 saturated heterocycles. The molecule has 2 heterocycles. The third kappa shape index (κ3) is 6.15. The summed E-state index contributed by atoms with van der Waals surface area (Å²) in [6.45, 7) is 5.50. The molecule has 34 heavy (non-hydrogen) atoms. The molecular weight excluding hydrogens is 426 g/mol. The molecule has 7 nitrogen and oxygen atoms in total. The number of para-hydroxylation sites is 1. The van der Waals surface area contributed by atoms with Gasteiger partial charge in [0.2, 0.25) is 5.95 Å². The lowest BCUT2D eigenvalue weighted by atomic mass is 9.95. The van der Waals surface area contributed by atoms with Gasteiger partial charge in [-0.3, -0.25) is 4.90 Å². The molecule has 1 aliphatic heterocycles. The Labute approximate surface area is 201 Å². The molecule has 0 radical (unpaired) electrons. The van der Waals surface area contributed by atoms with Crippen molar-refractivity contribution in [2.45, 2.75) is 44.6 Å². The summed E-state index contributed by atoms with van der Waals surface area (Å²) < 4.78 is 11.3. The Morgan fingerprint density at radius 3 is 2.56 bits per heavy atom. The Bertz CT molecular complexity index is 1050. The number of fused-ring (bicyclic) bond motifs is 1. The van der Waals surface area contributed by atoms with Gasteiger partial charge in [0.25, 0.3) is 0 Å². The van der Waals surface area contributed by atoms with E-state index in [0.29, 0.717) is 18.6 Å². The van der Waals surface area contributed by atoms with Gasteiger partial charge in [0.05, 0.1) is 25.3 Å². The number of benzene rings is 2. The number of anilines is 3. The molecule has 5 rings (SSSR count). The van der Waals surface area contributed by atoms with Crippen molar-refractivity contribution >= 4 is 28.4 Å². The summed E-state index contributed by atoms with van der Waals surface area (Å²) in [5.74, 6) is 2.41. The molecule has 0 spiro atoms. The zero-order valence-electron chi connectivity index (χ0n) is 19.8. The molecule has 0 atom stereocenters. The van der Waals surface area contributed by atoms with Crippen molar-refractivity contribution in [2.75, 3.05) is 50.1 Å². The monoisotopic (exact) mass is 461 g/mol. The minimum Gasteiger partial charge on any atom is -0.494 e. The number of aromatic nitrogens is 2. The average Bonchev–Trinajstić information content (AvgIpc) is 2.89. The second kappa shape index (κ2) is 11.5. The molecule has 0 bridgehead atoms. The Hall–Kier alpha value is -2.90. The number of hydrogen-bond acceptors (Lipinski definition) is 7. The molecule has 3 aromatic rings. The maximum atomic E-state index is 5.94. The first-order valence-corrected chi connectivity index (χ1v) is 12.7. The highest BCUT2D eigenvalue weighted by Gasteiger charge is 2.16. The van der Waals surface area contributed by atoms with Crippen molar-refractivity contribution in [3.05, 3.63) is 48.5 Å². The van der Waals surface area contributed by atoms with Gasteiger partial charge >= 0.3 is 0 Å². The highest BCUT2D eigenvalue weighted by Crippen LogP contribution is 2.27. The average molecular weight is 462 g/mol. The quantitative estimate of drug-likeness (QED) is 0.423. The van der Waals surface area contributed by atoms with E-state index in [1.165, 1.54) is 32.1 Å². The van der Waals surface area contributed by atoms with Gasteiger partial charge in [-0.05, 0) is 55.7 Å². The van der Waals surface area contributed by atoms with Gasteiger partial charge in [-0.25, -0.2) is 4.98 Å². The zero-order chi connectivity index (χ0) is 23.0. The van der Waals surface area contributed by atoms with Gasteiger partial charge in [0, 0.05) is 36.7 Å². The van der Waals surface area contributed by atoms with Crippen LogP contribution in [0.3, 0.4) is 0 Å². The van der Waals surface area contributed by atoms with Crippen LogP contribution in [-0.4, -0.2) is 60.4 Å². The highest BCUT2D eigenvalue weighted by atomic mass is 16.5. The van der Waals surface area contributed by atoms with Crippen molar-refractivity contribution in [3.63, 3.8) is 0 Å². The molecule has 0 unspecified atom stereocenters. The number of nitrogens with zero attached hydrogens (tertiary/aromatic N) is 3. The van der Waals surface area contributed by atoms with Gasteiger partial charge in [-0.1, -0.05) is 31.4 Å². The van der Waals surface area contributed by atoms with Crippen LogP contribution in [0.2, 0.25) is 0 Å². The van der Waals surface area contributed by atoms with Crippen LogP contribution in [0, 0.1) is 0 Å². The second-order valence-corrected chi connectivity index (χ2v) is 9.20. The maximum absolute atomic E-state index is 5.94. The van der Waals surface area contributed by atoms with E-state index in [1.807, 2.05) is 42.5 Å². The van der Waals surface area contributed by atoms with E-state index in [9.17, 15) is 0 Å². The third-order valence-corrected chi connectivity index (χ3v) is 6.65. The molecule has 1 aromatic heterocycles. The first-order valence-electron chi connectivity index (χ1n) is 12.7. The Balaban J connectivity index is 1.19. The fourth-order valence-electron chi connectivity index (χ4n) is 4.75. The van der Waals surface area contributed by atoms with Crippen LogP contribution in [-0.2, 0) is 4.74 Å². The van der Waals surface area contributed by atoms with Crippen molar-refractivity contribution < 1.29 is 9.47 Å². The molecule has 2 aromatic carbocycles. The van der Waals surface area contributed by atoms with E-state index in [2.05, 4.69) is 21.6 Å². The van der Waals surface area contributed by atoms with E-state index in [-0.39, 0.29) is 0 Å². The van der Waals surface area contributed by atoms with E-state index < -0.39 is 0 Å². The standard InChI is InChI=1S/C27H35N5O2/c1-2-7-21(8-3-1)28-26-24-9-4-5-10-25(24)30-27(31-26)29-22-11-13-23(14-12-22)34-18-6-15-32-16-19-33-20-17-32/h4-5,9-14,21H,1-3,6-8,15-20H2,(H2,28,29,30,31). The smallest absolute Gasteiger partial charge is 0.229 e. The van der Waals surface area contributed by atoms with E-state index in [0.717, 1.165) is 67.4 Å². The van der Waals surface area contributed by atoms with Gasteiger partial charge in [0.1, 0.15) is 11.6 Å². The largest absolute Gasteiger partial charge is 0.494 e. The van der Waals surface area contributed by atoms with Crippen LogP contribution in [0.1, 0.15) is 38.5 Å². The molecule has 2 N–H and O–H groups in total. The molecular formula is C27H35N5O2. The van der Waals surface area contributed by atoms with Crippen LogP contribution in [0.5, 0.6) is 5.75 Å². The summed E-state index contributed by atoms with van der Waals surface area (Å²) in [7, 11) is 0. The first-order chi connectivity index (χ1) is 16.8. The summed E-state index contributed by atoms with van der Waals surface area (Å²) >= 11 is 0. The van der Waals surface area contributed by atoms with Crippen LogP contribution in [0.15, 0.2) is 48.5 Å². The number of hydrogen-bond donors (Lipinski definition) is 2. The summed E-state index contributed by atoms with van der Waals surface area (Å²) in [6, 6.07) is 16.7. The third-order valence-electron chi connectivity index (χ3n) is 6.65. The van der Waals surface area contributed by atoms with Crippen molar-refractivity contribution in [1.82, 2.24) is 14.9 Å². The van der Waals surface area contributed by atoms with Crippen LogP contribution in [0.4, 0.5) is 17.5 Å². The van der Waals surface area contributed by atoms with Crippen LogP contribution >= 0.6 is 0 Å². The summed E-state index contributed by atoms with van der Waals surface area (Å²) in [5, 5.41) is 8.13. The lowest BCUT2D eigenvalue weighted by molar-refractivity contribution is 0.0358. The lowest BCUT2D eigenvalue weighted by Crippen LogP contribution is -2.37. The maximum Gasteiger partial charge on any atom is 0.229 e. The van der Waals surface area contributed by atoms with Crippen LogP contribution in [0.25, 0.3) is 10.9 Å². The number of rotatable bonds is 9. The summed E-state index contributed by atoms with van der Waals surface area (Å²) in [4.78, 5) is 12.0. The normalized spacial score (nSPS) is 17.5. The summed E-state index contributed by atoms with van der Waals surface area (Å²) in [6.07, 6.45) is 7.33. The van der Waals surface area contributed by atoms with E-state index in [4.69, 9.17) is 19.4 Å². The fraction of sp³-hybridized carbons (Fsp3) is 0.481. The van der Waals surface area contributed by atoms with E-state index >= 15 is 0 Å². The lowest BCUT2D eigenvalue weighted by Gasteiger charge is -2.26. The van der Waals surface area contributed by atoms with Gasteiger partial charge in [-0.2, -0.15) is 4.98 Å². The number of morpholine rings is 1. The first kappa shape index (κ1) is 22.9.